The second-order valence-electron chi connectivity index (χ2n) is 11.2. The predicted octanol–water partition coefficient (Wildman–Crippen LogP) is 7.62. The van der Waals surface area contributed by atoms with Crippen LogP contribution in [0.2, 0.25) is 0 Å². The quantitative estimate of drug-likeness (QED) is 0.112. The molecule has 2 N–H and O–H groups in total. The predicted molar refractivity (Wildman–Crippen MR) is 193 cm³/mol. The molecule has 2 unspecified atom stereocenters. The Balaban J connectivity index is 0.000000277. The van der Waals surface area contributed by atoms with Gasteiger partial charge in [0.05, 0.1) is 49.4 Å². The van der Waals surface area contributed by atoms with Crippen molar-refractivity contribution in [3.05, 3.63) is 154 Å². The Hall–Kier alpha value is -6.29. The third-order valence-corrected chi connectivity index (χ3v) is 8.18. The monoisotopic (exact) mass is 692 g/mol. The van der Waals surface area contributed by atoms with Crippen LogP contribution < -0.4 is 0 Å². The van der Waals surface area contributed by atoms with Crippen molar-refractivity contribution in [3.8, 4) is 0 Å². The molecule has 4 rings (SSSR count). The Morgan fingerprint density at radius 2 is 0.941 bits per heavy atom. The van der Waals surface area contributed by atoms with Gasteiger partial charge in [0.25, 0.3) is 0 Å². The largest absolute Gasteiger partial charge is 0.481 e. The van der Waals surface area contributed by atoms with Crippen LogP contribution in [0.1, 0.15) is 97.1 Å². The standard InChI is InChI=1S/C21H20O6.C20H20O4/c1-12(14-8-5-6-9-15(14)13(2)19(22)23)16-10-7-11-17(20(24)26-3)18(16)21(25)27-4;1-4-24-20(23)18-12-8-7-10-16(18)13(2)15-9-5-6-11-17(15)14(3)19(21)22/h5-11,13H,1H2,2-4H3,(H,22,23);5-12,14H,2,4H2,1,3H3,(H,21,22). The molecule has 0 amide bonds. The topological polar surface area (TPSA) is 154 Å². The SMILES string of the molecule is C=C(c1ccccc1C(=O)OCC)c1ccccc1C(C)C(=O)O.C=C(c1ccccc1C(C)C(=O)O)c1cccc(C(=O)OC)c1C(=O)OC. The Morgan fingerprint density at radius 3 is 1.39 bits per heavy atom. The van der Waals surface area contributed by atoms with Crippen LogP contribution in [0.15, 0.2) is 104 Å². The molecule has 0 aliphatic carbocycles. The smallest absolute Gasteiger partial charge is 0.339 e. The van der Waals surface area contributed by atoms with E-state index in [2.05, 4.69) is 13.2 Å². The summed E-state index contributed by atoms with van der Waals surface area (Å²) in [5.74, 6) is -5.15. The lowest BCUT2D eigenvalue weighted by molar-refractivity contribution is -0.139. The third-order valence-electron chi connectivity index (χ3n) is 8.18. The molecule has 0 aliphatic rings. The van der Waals surface area contributed by atoms with Crippen molar-refractivity contribution in [2.75, 3.05) is 20.8 Å². The summed E-state index contributed by atoms with van der Waals surface area (Å²) < 4.78 is 14.7. The minimum Gasteiger partial charge on any atom is -0.481 e. The first kappa shape index (κ1) is 39.2. The number of methoxy groups -OCH3 is 2. The zero-order valence-corrected chi connectivity index (χ0v) is 29.1. The van der Waals surface area contributed by atoms with Gasteiger partial charge in [-0.25, -0.2) is 14.4 Å². The van der Waals surface area contributed by atoms with E-state index in [1.165, 1.54) is 20.3 Å². The lowest BCUT2D eigenvalue weighted by Crippen LogP contribution is -2.15. The number of aliphatic carboxylic acids is 2. The van der Waals surface area contributed by atoms with Gasteiger partial charge in [-0.05, 0) is 77.4 Å². The van der Waals surface area contributed by atoms with Crippen molar-refractivity contribution >= 4 is 41.0 Å². The van der Waals surface area contributed by atoms with Crippen LogP contribution in [0, 0.1) is 0 Å². The second kappa shape index (κ2) is 17.9. The first-order chi connectivity index (χ1) is 24.3. The molecule has 10 heteroatoms. The van der Waals surface area contributed by atoms with E-state index < -0.39 is 41.7 Å². The molecular weight excluding hydrogens is 652 g/mol. The maximum absolute atomic E-state index is 12.4. The van der Waals surface area contributed by atoms with E-state index in [4.69, 9.17) is 14.2 Å². The summed E-state index contributed by atoms with van der Waals surface area (Å²) in [5, 5.41) is 18.7. The van der Waals surface area contributed by atoms with Gasteiger partial charge in [-0.2, -0.15) is 0 Å². The summed E-state index contributed by atoms with van der Waals surface area (Å²) in [7, 11) is 2.43. The van der Waals surface area contributed by atoms with Crippen molar-refractivity contribution < 1.29 is 48.4 Å². The molecule has 4 aromatic rings. The molecular formula is C41H40O10. The molecule has 0 saturated heterocycles. The molecule has 0 saturated carbocycles. The maximum atomic E-state index is 12.4. The molecule has 264 valence electrons. The highest BCUT2D eigenvalue weighted by Gasteiger charge is 2.26. The number of esters is 3. The number of carboxylic acid groups (broad SMARTS) is 2. The Labute approximate surface area is 296 Å². The van der Waals surface area contributed by atoms with E-state index in [9.17, 15) is 34.2 Å². The van der Waals surface area contributed by atoms with Crippen LogP contribution in [0.25, 0.3) is 11.1 Å². The van der Waals surface area contributed by atoms with Crippen LogP contribution in [0.3, 0.4) is 0 Å². The van der Waals surface area contributed by atoms with E-state index in [1.54, 1.807) is 87.5 Å². The second-order valence-corrected chi connectivity index (χ2v) is 11.2. The number of ether oxygens (including phenoxy) is 3. The van der Waals surface area contributed by atoms with Crippen LogP contribution in [-0.4, -0.2) is 60.9 Å². The average Bonchev–Trinajstić information content (AvgIpc) is 3.15. The summed E-state index contributed by atoms with van der Waals surface area (Å²) in [6.45, 7) is 13.4. The fourth-order valence-corrected chi connectivity index (χ4v) is 5.39. The van der Waals surface area contributed by atoms with Crippen molar-refractivity contribution in [1.82, 2.24) is 0 Å². The molecule has 10 nitrogen and oxygen atoms in total. The van der Waals surface area contributed by atoms with Crippen LogP contribution >= 0.6 is 0 Å². The normalized spacial score (nSPS) is 11.5. The van der Waals surface area contributed by atoms with E-state index in [0.717, 1.165) is 0 Å². The number of benzene rings is 4. The van der Waals surface area contributed by atoms with Gasteiger partial charge in [-0.15, -0.1) is 0 Å². The lowest BCUT2D eigenvalue weighted by atomic mass is 9.86. The van der Waals surface area contributed by atoms with Crippen molar-refractivity contribution in [2.45, 2.75) is 32.6 Å². The van der Waals surface area contributed by atoms with Gasteiger partial charge in [0.15, 0.2) is 0 Å². The maximum Gasteiger partial charge on any atom is 0.339 e. The molecule has 4 aromatic carbocycles. The zero-order valence-electron chi connectivity index (χ0n) is 29.1. The fourth-order valence-electron chi connectivity index (χ4n) is 5.39. The Morgan fingerprint density at radius 1 is 0.549 bits per heavy atom. The molecule has 0 aromatic heterocycles. The number of rotatable bonds is 12. The molecule has 0 fully saturated rings. The minimum absolute atomic E-state index is 0.0228. The molecule has 0 bridgehead atoms. The molecule has 0 aliphatic heterocycles. The molecule has 0 heterocycles. The molecule has 2 atom stereocenters. The highest BCUT2D eigenvalue weighted by molar-refractivity contribution is 6.07. The number of hydrogen-bond acceptors (Lipinski definition) is 8. The Bertz CT molecular complexity index is 1970. The summed E-state index contributed by atoms with van der Waals surface area (Å²) >= 11 is 0. The van der Waals surface area contributed by atoms with E-state index in [1.807, 2.05) is 18.2 Å². The summed E-state index contributed by atoms with van der Waals surface area (Å²) in [4.78, 5) is 59.5. The first-order valence-electron chi connectivity index (χ1n) is 15.9. The fraction of sp³-hybridized carbons (Fsp3) is 0.195. The van der Waals surface area contributed by atoms with E-state index in [-0.39, 0.29) is 17.7 Å². The van der Waals surface area contributed by atoms with Gasteiger partial charge in [-0.1, -0.05) is 92.0 Å². The zero-order chi connectivity index (χ0) is 37.8. The van der Waals surface area contributed by atoms with Crippen molar-refractivity contribution in [2.24, 2.45) is 0 Å². The van der Waals surface area contributed by atoms with Gasteiger partial charge in [0.2, 0.25) is 0 Å². The van der Waals surface area contributed by atoms with Crippen molar-refractivity contribution in [1.29, 1.82) is 0 Å². The number of carbonyl (C=O) groups is 5. The van der Waals surface area contributed by atoms with Crippen molar-refractivity contribution in [3.63, 3.8) is 0 Å². The number of carboxylic acids is 2. The minimum atomic E-state index is -0.980. The Kier molecular flexibility index (Phi) is 13.8. The summed E-state index contributed by atoms with van der Waals surface area (Å²) in [6, 6.07) is 25.8. The summed E-state index contributed by atoms with van der Waals surface area (Å²) in [5.41, 5.74) is 5.00. The van der Waals surface area contributed by atoms with Gasteiger partial charge in [0, 0.05) is 0 Å². The van der Waals surface area contributed by atoms with Crippen LogP contribution in [0.4, 0.5) is 0 Å². The van der Waals surface area contributed by atoms with Gasteiger partial charge in [-0.3, -0.25) is 9.59 Å². The summed E-state index contributed by atoms with van der Waals surface area (Å²) in [6.07, 6.45) is 0. The molecule has 51 heavy (non-hydrogen) atoms. The van der Waals surface area contributed by atoms with E-state index in [0.29, 0.717) is 50.1 Å². The highest BCUT2D eigenvalue weighted by Crippen LogP contribution is 2.34. The molecule has 0 radical (unpaired) electrons. The van der Waals surface area contributed by atoms with Crippen LogP contribution in [0.5, 0.6) is 0 Å². The van der Waals surface area contributed by atoms with Crippen LogP contribution in [-0.2, 0) is 23.8 Å². The number of carbonyl (C=O) groups excluding carboxylic acids is 3. The lowest BCUT2D eigenvalue weighted by Gasteiger charge is -2.18. The molecule has 0 spiro atoms. The van der Waals surface area contributed by atoms with E-state index >= 15 is 0 Å². The van der Waals surface area contributed by atoms with Gasteiger partial charge >= 0.3 is 29.8 Å². The average molecular weight is 693 g/mol. The first-order valence-corrected chi connectivity index (χ1v) is 15.9. The number of hydrogen-bond donors (Lipinski definition) is 2. The van der Waals surface area contributed by atoms with Gasteiger partial charge in [0.1, 0.15) is 0 Å². The highest BCUT2D eigenvalue weighted by atomic mass is 16.5. The van der Waals surface area contributed by atoms with Gasteiger partial charge < -0.3 is 24.4 Å². The third kappa shape index (κ3) is 9.04.